The molecule has 0 aromatic rings. The molecular formula is C17H34N2. The molecule has 19 heavy (non-hydrogen) atoms. The molecule has 112 valence electrons. The zero-order valence-corrected chi connectivity index (χ0v) is 13.5. The minimum absolute atomic E-state index is 0.740. The van der Waals surface area contributed by atoms with Gasteiger partial charge in [0.05, 0.1) is 0 Å². The van der Waals surface area contributed by atoms with Crippen molar-refractivity contribution in [2.45, 2.75) is 58.9 Å². The van der Waals surface area contributed by atoms with Crippen LogP contribution in [0, 0.1) is 23.7 Å². The molecule has 0 aromatic heterocycles. The van der Waals surface area contributed by atoms with Gasteiger partial charge in [0.15, 0.2) is 0 Å². The maximum absolute atomic E-state index is 3.60. The van der Waals surface area contributed by atoms with Crippen LogP contribution in [0.25, 0.3) is 0 Å². The normalized spacial score (nSPS) is 40.7. The van der Waals surface area contributed by atoms with Gasteiger partial charge in [0.1, 0.15) is 0 Å². The predicted molar refractivity (Wildman–Crippen MR) is 83.4 cm³/mol. The molecule has 1 saturated heterocycles. The van der Waals surface area contributed by atoms with E-state index in [0.717, 1.165) is 29.7 Å². The van der Waals surface area contributed by atoms with Crippen LogP contribution >= 0.6 is 0 Å². The monoisotopic (exact) mass is 266 g/mol. The van der Waals surface area contributed by atoms with Gasteiger partial charge in [-0.15, -0.1) is 0 Å². The fourth-order valence-corrected chi connectivity index (χ4v) is 4.57. The first-order chi connectivity index (χ1) is 9.13. The first-order valence-corrected chi connectivity index (χ1v) is 8.53. The summed E-state index contributed by atoms with van der Waals surface area (Å²) in [7, 11) is 2.16. The summed E-state index contributed by atoms with van der Waals surface area (Å²) < 4.78 is 0. The van der Waals surface area contributed by atoms with Gasteiger partial charge in [-0.2, -0.15) is 0 Å². The molecule has 0 aromatic carbocycles. The minimum Gasteiger partial charge on any atom is -0.317 e. The Morgan fingerprint density at radius 2 is 2.00 bits per heavy atom. The van der Waals surface area contributed by atoms with Crippen LogP contribution in [0.5, 0.6) is 0 Å². The van der Waals surface area contributed by atoms with Crippen LogP contribution in [-0.2, 0) is 0 Å². The second-order valence-electron chi connectivity index (χ2n) is 7.32. The quantitative estimate of drug-likeness (QED) is 0.820. The Balaban J connectivity index is 1.86. The van der Waals surface area contributed by atoms with Crippen molar-refractivity contribution in [1.29, 1.82) is 0 Å². The maximum atomic E-state index is 3.60. The average molecular weight is 266 g/mol. The molecule has 1 aliphatic carbocycles. The lowest BCUT2D eigenvalue weighted by Crippen LogP contribution is -2.47. The van der Waals surface area contributed by atoms with Crippen LogP contribution in [0.15, 0.2) is 0 Å². The van der Waals surface area contributed by atoms with Crippen molar-refractivity contribution in [1.82, 2.24) is 10.2 Å². The molecule has 2 aliphatic rings. The van der Waals surface area contributed by atoms with Crippen molar-refractivity contribution < 1.29 is 0 Å². The van der Waals surface area contributed by atoms with E-state index in [1.54, 1.807) is 0 Å². The molecule has 0 bridgehead atoms. The van der Waals surface area contributed by atoms with E-state index in [9.17, 15) is 0 Å². The van der Waals surface area contributed by atoms with Gasteiger partial charge < -0.3 is 10.2 Å². The molecular weight excluding hydrogens is 232 g/mol. The molecule has 2 nitrogen and oxygen atoms in total. The lowest BCUT2D eigenvalue weighted by atomic mass is 9.72. The Hall–Kier alpha value is -0.0800. The second kappa shape index (κ2) is 7.08. The summed E-state index contributed by atoms with van der Waals surface area (Å²) in [5, 5.41) is 3.60. The molecule has 5 atom stereocenters. The topological polar surface area (TPSA) is 15.3 Å². The van der Waals surface area contributed by atoms with E-state index < -0.39 is 0 Å². The van der Waals surface area contributed by atoms with E-state index in [1.807, 2.05) is 0 Å². The van der Waals surface area contributed by atoms with Crippen molar-refractivity contribution >= 4 is 0 Å². The number of nitrogens with one attached hydrogen (secondary N) is 1. The Morgan fingerprint density at radius 1 is 1.21 bits per heavy atom. The maximum Gasteiger partial charge on any atom is 0.0110 e. The smallest absolute Gasteiger partial charge is 0.0110 e. The first-order valence-electron chi connectivity index (χ1n) is 8.53. The lowest BCUT2D eigenvalue weighted by Gasteiger charge is -2.41. The van der Waals surface area contributed by atoms with Crippen LogP contribution < -0.4 is 5.32 Å². The van der Waals surface area contributed by atoms with Crippen molar-refractivity contribution in [3.05, 3.63) is 0 Å². The van der Waals surface area contributed by atoms with Crippen LogP contribution in [0.4, 0.5) is 0 Å². The van der Waals surface area contributed by atoms with Crippen molar-refractivity contribution in [3.63, 3.8) is 0 Å². The Kier molecular flexibility index (Phi) is 5.70. The Morgan fingerprint density at radius 3 is 2.68 bits per heavy atom. The summed E-state index contributed by atoms with van der Waals surface area (Å²) >= 11 is 0. The molecule has 2 rings (SSSR count). The molecule has 0 radical (unpaired) electrons. The van der Waals surface area contributed by atoms with Crippen molar-refractivity contribution in [3.8, 4) is 0 Å². The number of hydrogen-bond donors (Lipinski definition) is 1. The molecule has 1 N–H and O–H groups in total. The highest BCUT2D eigenvalue weighted by Gasteiger charge is 2.35. The minimum atomic E-state index is 0.740. The van der Waals surface area contributed by atoms with Gasteiger partial charge in [-0.05, 0) is 62.9 Å². The molecule has 5 unspecified atom stereocenters. The van der Waals surface area contributed by atoms with E-state index in [1.165, 1.54) is 51.7 Å². The highest BCUT2D eigenvalue weighted by Crippen LogP contribution is 2.35. The molecule has 0 amide bonds. The van der Waals surface area contributed by atoms with E-state index in [-0.39, 0.29) is 0 Å². The third kappa shape index (κ3) is 3.95. The zero-order chi connectivity index (χ0) is 13.8. The largest absolute Gasteiger partial charge is 0.317 e. The van der Waals surface area contributed by atoms with Gasteiger partial charge in [0.25, 0.3) is 0 Å². The summed E-state index contributed by atoms with van der Waals surface area (Å²) in [5.41, 5.74) is 0. The summed E-state index contributed by atoms with van der Waals surface area (Å²) in [4.78, 5) is 2.75. The fraction of sp³-hybridized carbons (Fsp3) is 1.00. The van der Waals surface area contributed by atoms with Crippen LogP contribution in [0.2, 0.25) is 0 Å². The summed E-state index contributed by atoms with van der Waals surface area (Å²) in [6.07, 6.45) is 7.03. The van der Waals surface area contributed by atoms with Gasteiger partial charge in [-0.3, -0.25) is 0 Å². The molecule has 2 fully saturated rings. The third-order valence-electron chi connectivity index (χ3n) is 5.58. The third-order valence-corrected chi connectivity index (χ3v) is 5.58. The number of likely N-dealkylation sites (tertiary alicyclic amines) is 1. The molecule has 1 saturated carbocycles. The van der Waals surface area contributed by atoms with Gasteiger partial charge in [0, 0.05) is 19.1 Å². The van der Waals surface area contributed by atoms with E-state index in [2.05, 4.69) is 38.0 Å². The molecule has 0 spiro atoms. The van der Waals surface area contributed by atoms with Gasteiger partial charge >= 0.3 is 0 Å². The standard InChI is InChI=1S/C17H34N2/c1-5-6-15-7-8-19(11-15)12-16-14(3)9-13(2)10-17(16)18-4/h13-18H,5-12H2,1-4H3. The Labute approximate surface area is 120 Å². The second-order valence-corrected chi connectivity index (χ2v) is 7.32. The zero-order valence-electron chi connectivity index (χ0n) is 13.5. The highest BCUT2D eigenvalue weighted by molar-refractivity contribution is 4.90. The highest BCUT2D eigenvalue weighted by atomic mass is 15.2. The average Bonchev–Trinajstić information content (AvgIpc) is 2.80. The first kappa shape index (κ1) is 15.3. The summed E-state index contributed by atoms with van der Waals surface area (Å²) in [6.45, 7) is 11.3. The van der Waals surface area contributed by atoms with Crippen molar-refractivity contribution in [2.24, 2.45) is 23.7 Å². The van der Waals surface area contributed by atoms with Gasteiger partial charge in [-0.1, -0.05) is 27.2 Å². The fourth-order valence-electron chi connectivity index (χ4n) is 4.57. The molecule has 1 heterocycles. The lowest BCUT2D eigenvalue weighted by molar-refractivity contribution is 0.113. The van der Waals surface area contributed by atoms with Gasteiger partial charge in [0.2, 0.25) is 0 Å². The van der Waals surface area contributed by atoms with E-state index >= 15 is 0 Å². The van der Waals surface area contributed by atoms with Crippen LogP contribution in [0.3, 0.4) is 0 Å². The predicted octanol–water partition coefficient (Wildman–Crippen LogP) is 3.38. The summed E-state index contributed by atoms with van der Waals surface area (Å²) in [6, 6.07) is 0.740. The van der Waals surface area contributed by atoms with Crippen LogP contribution in [0.1, 0.15) is 52.9 Å². The van der Waals surface area contributed by atoms with Crippen molar-refractivity contribution in [2.75, 3.05) is 26.7 Å². The van der Waals surface area contributed by atoms with E-state index in [4.69, 9.17) is 0 Å². The number of nitrogens with zero attached hydrogens (tertiary/aromatic N) is 1. The number of rotatable bonds is 5. The number of hydrogen-bond acceptors (Lipinski definition) is 2. The summed E-state index contributed by atoms with van der Waals surface area (Å²) in [5.74, 6) is 3.62. The van der Waals surface area contributed by atoms with Gasteiger partial charge in [-0.25, -0.2) is 0 Å². The van der Waals surface area contributed by atoms with Crippen LogP contribution in [-0.4, -0.2) is 37.6 Å². The SMILES string of the molecule is CCCC1CCN(CC2C(C)CC(C)CC2NC)C1. The van der Waals surface area contributed by atoms with E-state index in [0.29, 0.717) is 0 Å². The molecule has 2 heteroatoms. The Bertz CT molecular complexity index is 266. The molecule has 1 aliphatic heterocycles.